The van der Waals surface area contributed by atoms with Crippen molar-refractivity contribution in [2.75, 3.05) is 12.5 Å². The average molecular weight is 369 g/mol. The number of para-hydroxylation sites is 1. The van der Waals surface area contributed by atoms with Gasteiger partial charge in [0.25, 0.3) is 5.56 Å². The molecule has 26 heavy (non-hydrogen) atoms. The van der Waals surface area contributed by atoms with Gasteiger partial charge in [-0.1, -0.05) is 29.8 Å². The highest BCUT2D eigenvalue weighted by Crippen LogP contribution is 2.17. The van der Waals surface area contributed by atoms with Crippen LogP contribution >= 0.6 is 11.6 Å². The molecule has 2 aromatic carbocycles. The summed E-state index contributed by atoms with van der Waals surface area (Å²) in [4.78, 5) is 12.4. The third-order valence-corrected chi connectivity index (χ3v) is 4.14. The van der Waals surface area contributed by atoms with Crippen LogP contribution in [0.25, 0.3) is 5.69 Å². The van der Waals surface area contributed by atoms with Crippen molar-refractivity contribution in [3.05, 3.63) is 81.7 Å². The highest BCUT2D eigenvalue weighted by Gasteiger charge is 2.10. The minimum atomic E-state index is -0.417. The smallest absolute Gasteiger partial charge is 0.292 e. The van der Waals surface area contributed by atoms with Crippen LogP contribution < -0.4 is 15.7 Å². The number of hydrogen-bond donors (Lipinski definition) is 1. The molecule has 0 fully saturated rings. The van der Waals surface area contributed by atoms with E-state index in [1.165, 1.54) is 10.9 Å². The standard InChI is InChI=1S/C19H17ClN4O2/c1-13(14-8-10-16(26-2)11-9-14)22-23-17-12-21-24(19(25)18(17)20)15-6-4-3-5-7-15/h3-12,23H,1-2H3/b22-13+. The van der Waals surface area contributed by atoms with Gasteiger partial charge in [-0.3, -0.25) is 10.2 Å². The Balaban J connectivity index is 1.84. The second-order valence-corrected chi connectivity index (χ2v) is 5.84. The molecule has 0 saturated carbocycles. The quantitative estimate of drug-likeness (QED) is 0.550. The molecule has 0 spiro atoms. The zero-order valence-corrected chi connectivity index (χ0v) is 15.1. The first-order valence-electron chi connectivity index (χ1n) is 7.88. The summed E-state index contributed by atoms with van der Waals surface area (Å²) >= 11 is 6.20. The van der Waals surface area contributed by atoms with Crippen molar-refractivity contribution in [3.63, 3.8) is 0 Å². The molecule has 1 aromatic heterocycles. The van der Waals surface area contributed by atoms with Gasteiger partial charge < -0.3 is 4.74 Å². The minimum absolute atomic E-state index is 0.0233. The molecule has 1 heterocycles. The van der Waals surface area contributed by atoms with Crippen molar-refractivity contribution >= 4 is 23.0 Å². The van der Waals surface area contributed by atoms with Crippen LogP contribution in [0.1, 0.15) is 12.5 Å². The number of benzene rings is 2. The monoisotopic (exact) mass is 368 g/mol. The van der Waals surface area contributed by atoms with Crippen molar-refractivity contribution in [3.8, 4) is 11.4 Å². The van der Waals surface area contributed by atoms with Gasteiger partial charge in [0.05, 0.1) is 24.7 Å². The number of halogens is 1. The first-order valence-corrected chi connectivity index (χ1v) is 8.26. The van der Waals surface area contributed by atoms with Crippen LogP contribution in [0.4, 0.5) is 5.69 Å². The number of anilines is 1. The Bertz CT molecular complexity index is 983. The number of nitrogens with one attached hydrogen (secondary N) is 1. The highest BCUT2D eigenvalue weighted by atomic mass is 35.5. The molecule has 3 rings (SSSR count). The lowest BCUT2D eigenvalue weighted by Crippen LogP contribution is -2.22. The van der Waals surface area contributed by atoms with Gasteiger partial charge in [-0.25, -0.2) is 0 Å². The molecule has 1 N–H and O–H groups in total. The van der Waals surface area contributed by atoms with Crippen LogP contribution in [0, 0.1) is 0 Å². The van der Waals surface area contributed by atoms with E-state index < -0.39 is 5.56 Å². The van der Waals surface area contributed by atoms with Crippen LogP contribution in [0.2, 0.25) is 5.02 Å². The number of hydrogen-bond acceptors (Lipinski definition) is 5. The van der Waals surface area contributed by atoms with Crippen LogP contribution in [0.3, 0.4) is 0 Å². The maximum absolute atomic E-state index is 12.4. The number of hydrazone groups is 1. The van der Waals surface area contributed by atoms with Crippen molar-refractivity contribution in [1.82, 2.24) is 9.78 Å². The first-order chi connectivity index (χ1) is 12.6. The summed E-state index contributed by atoms with van der Waals surface area (Å²) in [5.41, 5.74) is 5.03. The predicted molar refractivity (Wildman–Crippen MR) is 104 cm³/mol. The molecule has 0 aliphatic carbocycles. The van der Waals surface area contributed by atoms with Gasteiger partial charge in [0.1, 0.15) is 16.5 Å². The Hall–Kier alpha value is -3.12. The van der Waals surface area contributed by atoms with Crippen LogP contribution in [0.15, 0.2) is 70.7 Å². The third kappa shape index (κ3) is 3.75. The zero-order valence-electron chi connectivity index (χ0n) is 14.3. The summed E-state index contributed by atoms with van der Waals surface area (Å²) in [6.45, 7) is 1.85. The summed E-state index contributed by atoms with van der Waals surface area (Å²) in [7, 11) is 1.62. The Kier molecular flexibility index (Phi) is 5.34. The maximum Gasteiger partial charge on any atom is 0.292 e. The summed E-state index contributed by atoms with van der Waals surface area (Å²) < 4.78 is 6.38. The normalized spacial score (nSPS) is 11.3. The third-order valence-electron chi connectivity index (χ3n) is 3.77. The number of rotatable bonds is 5. The fourth-order valence-corrected chi connectivity index (χ4v) is 2.48. The lowest BCUT2D eigenvalue weighted by molar-refractivity contribution is 0.415. The van der Waals surface area contributed by atoms with Gasteiger partial charge in [-0.15, -0.1) is 0 Å². The molecule has 6 nitrogen and oxygen atoms in total. The van der Waals surface area contributed by atoms with Crippen molar-refractivity contribution in [1.29, 1.82) is 0 Å². The maximum atomic E-state index is 12.4. The minimum Gasteiger partial charge on any atom is -0.497 e. The first kappa shape index (κ1) is 17.7. The van der Waals surface area contributed by atoms with Gasteiger partial charge in [0, 0.05) is 0 Å². The van der Waals surface area contributed by atoms with E-state index in [1.54, 1.807) is 19.2 Å². The molecule has 132 valence electrons. The molecule has 0 saturated heterocycles. The van der Waals surface area contributed by atoms with Crippen molar-refractivity contribution in [2.45, 2.75) is 6.92 Å². The lowest BCUT2D eigenvalue weighted by atomic mass is 10.1. The average Bonchev–Trinajstić information content (AvgIpc) is 2.69. The Morgan fingerprint density at radius 3 is 2.50 bits per heavy atom. The largest absolute Gasteiger partial charge is 0.497 e. The molecular formula is C19H17ClN4O2. The summed E-state index contributed by atoms with van der Waals surface area (Å²) in [5.74, 6) is 0.770. The molecule has 0 aliphatic heterocycles. The molecule has 0 aliphatic rings. The molecule has 0 atom stereocenters. The highest BCUT2D eigenvalue weighted by molar-refractivity contribution is 6.33. The summed E-state index contributed by atoms with van der Waals surface area (Å²) in [6, 6.07) is 16.6. The molecular weight excluding hydrogens is 352 g/mol. The van der Waals surface area contributed by atoms with Crippen LogP contribution in [-0.2, 0) is 0 Å². The van der Waals surface area contributed by atoms with Gasteiger partial charge in [-0.05, 0) is 48.9 Å². The molecule has 0 amide bonds. The van der Waals surface area contributed by atoms with E-state index >= 15 is 0 Å². The summed E-state index contributed by atoms with van der Waals surface area (Å²) in [6.07, 6.45) is 1.47. The Labute approximate surface area is 155 Å². The van der Waals surface area contributed by atoms with E-state index in [-0.39, 0.29) is 5.02 Å². The molecule has 0 bridgehead atoms. The topological polar surface area (TPSA) is 68.5 Å². The van der Waals surface area contributed by atoms with Crippen LogP contribution in [0.5, 0.6) is 5.75 Å². The van der Waals surface area contributed by atoms with E-state index in [1.807, 2.05) is 49.4 Å². The molecule has 0 unspecified atom stereocenters. The van der Waals surface area contributed by atoms with Crippen molar-refractivity contribution in [2.24, 2.45) is 5.10 Å². The Morgan fingerprint density at radius 2 is 1.85 bits per heavy atom. The molecule has 0 radical (unpaired) electrons. The second-order valence-electron chi connectivity index (χ2n) is 5.46. The van der Waals surface area contributed by atoms with Crippen molar-refractivity contribution < 1.29 is 4.74 Å². The van der Waals surface area contributed by atoms with E-state index in [0.29, 0.717) is 11.4 Å². The van der Waals surface area contributed by atoms with Crippen LogP contribution in [-0.4, -0.2) is 22.6 Å². The lowest BCUT2D eigenvalue weighted by Gasteiger charge is -2.08. The van der Waals surface area contributed by atoms with Gasteiger partial charge in [-0.2, -0.15) is 14.9 Å². The van der Waals surface area contributed by atoms with E-state index in [0.717, 1.165) is 17.0 Å². The number of aromatic nitrogens is 2. The fraction of sp³-hybridized carbons (Fsp3) is 0.105. The molecule has 7 heteroatoms. The van der Waals surface area contributed by atoms with E-state index in [4.69, 9.17) is 16.3 Å². The van der Waals surface area contributed by atoms with Gasteiger partial charge >= 0.3 is 0 Å². The number of nitrogens with zero attached hydrogens (tertiary/aromatic N) is 3. The number of ether oxygens (including phenoxy) is 1. The second kappa shape index (κ2) is 7.84. The zero-order chi connectivity index (χ0) is 18.5. The Morgan fingerprint density at radius 1 is 1.15 bits per heavy atom. The predicted octanol–water partition coefficient (Wildman–Crippen LogP) is 3.73. The van der Waals surface area contributed by atoms with E-state index in [2.05, 4.69) is 15.6 Å². The summed E-state index contributed by atoms with van der Waals surface area (Å²) in [5, 5.41) is 8.46. The molecule has 3 aromatic rings. The SMILES string of the molecule is COc1ccc(/C(C)=N/Nc2cnn(-c3ccccc3)c(=O)c2Cl)cc1. The van der Waals surface area contributed by atoms with Gasteiger partial charge in [0.15, 0.2) is 0 Å². The van der Waals surface area contributed by atoms with E-state index in [9.17, 15) is 4.79 Å². The number of methoxy groups -OCH3 is 1. The fourth-order valence-electron chi connectivity index (χ4n) is 2.30. The van der Waals surface area contributed by atoms with Gasteiger partial charge in [0.2, 0.25) is 0 Å².